The van der Waals surface area contributed by atoms with Crippen molar-refractivity contribution >= 4 is 11.8 Å². The van der Waals surface area contributed by atoms with Gasteiger partial charge in [-0.15, -0.1) is 0 Å². The highest BCUT2D eigenvalue weighted by Gasteiger charge is 2.65. The predicted molar refractivity (Wildman–Crippen MR) is 137 cm³/mol. The van der Waals surface area contributed by atoms with E-state index in [1.165, 1.54) is 24.3 Å². The number of carbonyl (C=O) groups is 2. The number of rotatable bonds is 5. The lowest BCUT2D eigenvalue weighted by atomic mass is 9.75. The van der Waals surface area contributed by atoms with Crippen molar-refractivity contribution in [2.24, 2.45) is 17.3 Å². The fourth-order valence-electron chi connectivity index (χ4n) is 5.82. The van der Waals surface area contributed by atoms with E-state index in [0.29, 0.717) is 18.4 Å². The Morgan fingerprint density at radius 2 is 1.81 bits per heavy atom. The summed E-state index contributed by atoms with van der Waals surface area (Å²) in [5.41, 5.74) is -1.66. The van der Waals surface area contributed by atoms with E-state index in [4.69, 9.17) is 9.47 Å². The van der Waals surface area contributed by atoms with Gasteiger partial charge in [-0.3, -0.25) is 4.79 Å². The first kappa shape index (κ1) is 28.9. The van der Waals surface area contributed by atoms with Crippen molar-refractivity contribution in [3.8, 4) is 0 Å². The Balaban J connectivity index is 2.06. The fourth-order valence-corrected chi connectivity index (χ4v) is 5.82. The molecule has 1 aromatic rings. The van der Waals surface area contributed by atoms with E-state index in [2.05, 4.69) is 18.7 Å². The third kappa shape index (κ3) is 5.62. The lowest BCUT2D eigenvalue weighted by Crippen LogP contribution is -2.52. The topological polar surface area (TPSA) is 52.6 Å². The molecule has 1 saturated carbocycles. The van der Waals surface area contributed by atoms with Gasteiger partial charge in [0.2, 0.25) is 0 Å². The Morgan fingerprint density at radius 3 is 2.38 bits per heavy atom. The minimum Gasteiger partial charge on any atom is -0.459 e. The molecule has 2 aliphatic carbocycles. The van der Waals surface area contributed by atoms with Gasteiger partial charge in [-0.25, -0.2) is 4.79 Å². The lowest BCUT2D eigenvalue weighted by molar-refractivity contribution is -0.278. The number of methoxy groups -OCH3 is 1. The van der Waals surface area contributed by atoms with Crippen molar-refractivity contribution in [2.45, 2.75) is 77.7 Å². The lowest BCUT2D eigenvalue weighted by Gasteiger charge is -2.34. The number of halogens is 3. The molecule has 0 amide bonds. The number of carbonyl (C=O) groups excluding carboxylic acids is 2. The van der Waals surface area contributed by atoms with Crippen LogP contribution in [-0.4, -0.2) is 31.1 Å². The monoisotopic (exact) mass is 518 g/mol. The third-order valence-corrected chi connectivity index (χ3v) is 7.79. The number of ether oxygens (including phenoxy) is 2. The molecular formula is C30H37F3O4. The Morgan fingerprint density at radius 1 is 1.16 bits per heavy atom. The van der Waals surface area contributed by atoms with Crippen LogP contribution in [0.15, 0.2) is 65.8 Å². The zero-order valence-corrected chi connectivity index (χ0v) is 22.3. The number of Topliss-reactive ketones (excluding diaryl/α,β-unsaturated/α-hetero) is 1. The molecule has 3 rings (SSSR count). The quantitative estimate of drug-likeness (QED) is 0.234. The standard InChI is InChI=1S/C30H37F3O4/c1-19(2)26-23-16-15-20(3)11-10-12-21(4)24(34)17-28(23,5)18-25(26)37-27(35)29(36-6,30(31,32)33)22-13-8-7-9-14-22/h7-9,11,13-14,16,19,25-26H,4,10,12,15,17-18H2,1-3,5-6H3/b20-11+,23-16-/t25-,26-,28+,29+/m0/s1. The largest absolute Gasteiger partial charge is 0.459 e. The van der Waals surface area contributed by atoms with Crippen molar-refractivity contribution < 1.29 is 32.2 Å². The van der Waals surface area contributed by atoms with Crippen molar-refractivity contribution in [1.29, 1.82) is 0 Å². The number of hydrogen-bond acceptors (Lipinski definition) is 4. The SMILES string of the molecule is C=C1CC/C=C(\C)C/C=C2/[C@H](C(C)C)[C@@H](OC(=O)[C@](OC)(c3ccccc3)C(F)(F)F)C[C@@]2(C)CC1=O. The average molecular weight is 519 g/mol. The van der Waals surface area contributed by atoms with Crippen LogP contribution in [0.3, 0.4) is 0 Å². The van der Waals surface area contributed by atoms with Crippen LogP contribution in [0, 0.1) is 17.3 Å². The molecule has 1 fully saturated rings. The molecule has 0 bridgehead atoms. The Bertz CT molecular complexity index is 1090. The van der Waals surface area contributed by atoms with Crippen LogP contribution in [0.25, 0.3) is 0 Å². The highest BCUT2D eigenvalue weighted by molar-refractivity contribution is 5.95. The molecule has 0 heterocycles. The maximum atomic E-state index is 14.5. The Labute approximate surface area is 217 Å². The normalized spacial score (nSPS) is 29.9. The summed E-state index contributed by atoms with van der Waals surface area (Å²) in [4.78, 5) is 26.5. The number of benzene rings is 1. The second-order valence-corrected chi connectivity index (χ2v) is 10.9. The van der Waals surface area contributed by atoms with Gasteiger partial charge in [-0.05, 0) is 49.5 Å². The van der Waals surface area contributed by atoms with Gasteiger partial charge in [0, 0.05) is 25.0 Å². The van der Waals surface area contributed by atoms with Crippen molar-refractivity contribution in [3.05, 3.63) is 71.3 Å². The molecule has 0 unspecified atom stereocenters. The zero-order chi connectivity index (χ0) is 27.6. The molecule has 2 aliphatic rings. The maximum Gasteiger partial charge on any atom is 0.432 e. The number of esters is 1. The first-order chi connectivity index (χ1) is 17.3. The van der Waals surface area contributed by atoms with Crippen LogP contribution in [0.4, 0.5) is 13.2 Å². The van der Waals surface area contributed by atoms with Gasteiger partial charge in [-0.1, -0.05) is 81.0 Å². The summed E-state index contributed by atoms with van der Waals surface area (Å²) in [5.74, 6) is -1.96. The molecule has 0 aliphatic heterocycles. The summed E-state index contributed by atoms with van der Waals surface area (Å²) in [5, 5.41) is 0. The van der Waals surface area contributed by atoms with Crippen molar-refractivity contribution in [2.75, 3.05) is 7.11 Å². The van der Waals surface area contributed by atoms with E-state index < -0.39 is 29.3 Å². The number of allylic oxidation sites excluding steroid dienone is 4. The first-order valence-corrected chi connectivity index (χ1v) is 12.7. The minimum atomic E-state index is -5.05. The van der Waals surface area contributed by atoms with Gasteiger partial charge in [0.1, 0.15) is 6.10 Å². The summed E-state index contributed by atoms with van der Waals surface area (Å²) in [6.07, 6.45) is 0.625. The predicted octanol–water partition coefficient (Wildman–Crippen LogP) is 7.26. The highest BCUT2D eigenvalue weighted by Crippen LogP contribution is 2.54. The molecule has 37 heavy (non-hydrogen) atoms. The summed E-state index contributed by atoms with van der Waals surface area (Å²) >= 11 is 0. The Kier molecular flexibility index (Phi) is 8.57. The summed E-state index contributed by atoms with van der Waals surface area (Å²) < 4.78 is 54.2. The Hall–Kier alpha value is -2.67. The molecule has 1 aromatic carbocycles. The molecule has 0 spiro atoms. The van der Waals surface area contributed by atoms with Gasteiger partial charge in [0.05, 0.1) is 0 Å². The number of alkyl halides is 3. The van der Waals surface area contributed by atoms with E-state index in [1.54, 1.807) is 6.07 Å². The van der Waals surface area contributed by atoms with Crippen molar-refractivity contribution in [1.82, 2.24) is 0 Å². The minimum absolute atomic E-state index is 0.0434. The van der Waals surface area contributed by atoms with E-state index in [1.807, 2.05) is 27.7 Å². The molecule has 4 nitrogen and oxygen atoms in total. The molecule has 0 radical (unpaired) electrons. The fraction of sp³-hybridized carbons (Fsp3) is 0.533. The second-order valence-electron chi connectivity index (χ2n) is 10.9. The average Bonchev–Trinajstić information content (AvgIpc) is 3.07. The van der Waals surface area contributed by atoms with Gasteiger partial charge >= 0.3 is 12.1 Å². The van der Waals surface area contributed by atoms with Gasteiger partial charge in [0.15, 0.2) is 5.78 Å². The van der Waals surface area contributed by atoms with Gasteiger partial charge in [-0.2, -0.15) is 13.2 Å². The second kappa shape index (κ2) is 11.0. The first-order valence-electron chi connectivity index (χ1n) is 12.7. The maximum absolute atomic E-state index is 14.5. The summed E-state index contributed by atoms with van der Waals surface area (Å²) in [7, 11) is 0.865. The van der Waals surface area contributed by atoms with E-state index in [-0.39, 0.29) is 36.0 Å². The molecule has 0 N–H and O–H groups in total. The van der Waals surface area contributed by atoms with E-state index in [9.17, 15) is 22.8 Å². The van der Waals surface area contributed by atoms with Crippen LogP contribution in [-0.2, 0) is 24.7 Å². The van der Waals surface area contributed by atoms with Crippen LogP contribution in [0.2, 0.25) is 0 Å². The van der Waals surface area contributed by atoms with Gasteiger partial charge < -0.3 is 9.47 Å². The molecule has 0 saturated heterocycles. The number of hydrogen-bond donors (Lipinski definition) is 0. The number of ketones is 1. The molecule has 0 aromatic heterocycles. The third-order valence-electron chi connectivity index (χ3n) is 7.79. The molecule has 4 atom stereocenters. The van der Waals surface area contributed by atoms with Crippen molar-refractivity contribution in [3.63, 3.8) is 0 Å². The van der Waals surface area contributed by atoms with E-state index in [0.717, 1.165) is 24.7 Å². The zero-order valence-electron chi connectivity index (χ0n) is 22.3. The van der Waals surface area contributed by atoms with Crippen LogP contribution in [0.5, 0.6) is 0 Å². The summed E-state index contributed by atoms with van der Waals surface area (Å²) in [6, 6.07) is 6.83. The number of fused-ring (bicyclic) bond motifs is 1. The smallest absolute Gasteiger partial charge is 0.432 e. The summed E-state index contributed by atoms with van der Waals surface area (Å²) in [6.45, 7) is 11.8. The molecule has 7 heteroatoms. The van der Waals surface area contributed by atoms with E-state index >= 15 is 0 Å². The van der Waals surface area contributed by atoms with Crippen LogP contribution >= 0.6 is 0 Å². The molecule has 202 valence electrons. The highest BCUT2D eigenvalue weighted by atomic mass is 19.4. The van der Waals surface area contributed by atoms with Crippen LogP contribution < -0.4 is 0 Å². The van der Waals surface area contributed by atoms with Crippen LogP contribution in [0.1, 0.15) is 65.4 Å². The van der Waals surface area contributed by atoms with Gasteiger partial charge in [0.25, 0.3) is 5.60 Å². The molecular weight excluding hydrogens is 481 g/mol.